The summed E-state index contributed by atoms with van der Waals surface area (Å²) in [7, 11) is 0. The van der Waals surface area contributed by atoms with Gasteiger partial charge in [-0.15, -0.1) is 0 Å². The number of aliphatic hydroxyl groups is 1. The molecule has 1 saturated heterocycles. The summed E-state index contributed by atoms with van der Waals surface area (Å²) in [6, 6.07) is 13.1. The molecule has 132 valence electrons. The molecule has 0 aromatic heterocycles. The minimum absolute atomic E-state index is 0.0323. The van der Waals surface area contributed by atoms with Gasteiger partial charge in [0.15, 0.2) is 0 Å². The van der Waals surface area contributed by atoms with E-state index < -0.39 is 18.2 Å². The van der Waals surface area contributed by atoms with Gasteiger partial charge in [-0.3, -0.25) is 19.8 Å². The number of amides is 4. The van der Waals surface area contributed by atoms with Crippen LogP contribution < -0.4 is 15.5 Å². The number of aliphatic hydroxyl groups excluding tert-OH is 1. The van der Waals surface area contributed by atoms with E-state index in [0.717, 1.165) is 11.1 Å². The van der Waals surface area contributed by atoms with Crippen LogP contribution in [0.4, 0.5) is 10.5 Å². The van der Waals surface area contributed by atoms with Crippen LogP contribution in [-0.4, -0.2) is 35.6 Å². The van der Waals surface area contributed by atoms with E-state index in [-0.39, 0.29) is 18.4 Å². The lowest BCUT2D eigenvalue weighted by molar-refractivity contribution is -0.117. The van der Waals surface area contributed by atoms with E-state index in [1.165, 1.54) is 4.90 Å². The van der Waals surface area contributed by atoms with Crippen molar-refractivity contribution in [1.29, 1.82) is 0 Å². The monoisotopic (exact) mass is 351 g/mol. The first-order valence-electron chi connectivity index (χ1n) is 8.31. The van der Waals surface area contributed by atoms with Crippen molar-refractivity contribution >= 4 is 23.5 Å². The second-order valence-corrected chi connectivity index (χ2v) is 6.41. The van der Waals surface area contributed by atoms with E-state index in [2.05, 4.69) is 10.6 Å². The van der Waals surface area contributed by atoms with E-state index in [0.29, 0.717) is 17.7 Å². The highest BCUT2D eigenvalue weighted by molar-refractivity contribution is 6.12. The molecular formula is C19H17N3O4. The molecule has 0 saturated carbocycles. The second-order valence-electron chi connectivity index (χ2n) is 6.41. The SMILES string of the molecule is O=C1CN(c2ccc(C(=O)N[C@@H]3c4ccccc4C[C@@H]3O)cc2)C(=O)N1. The number of hydrogen-bond acceptors (Lipinski definition) is 4. The van der Waals surface area contributed by atoms with Crippen LogP contribution in [0.2, 0.25) is 0 Å². The maximum absolute atomic E-state index is 12.5. The van der Waals surface area contributed by atoms with Crippen molar-refractivity contribution in [3.8, 4) is 0 Å². The highest BCUT2D eigenvalue weighted by Crippen LogP contribution is 2.31. The molecule has 2 aromatic rings. The van der Waals surface area contributed by atoms with Crippen molar-refractivity contribution in [2.75, 3.05) is 11.4 Å². The first kappa shape index (κ1) is 16.3. The van der Waals surface area contributed by atoms with E-state index in [1.807, 2.05) is 24.3 Å². The average Bonchev–Trinajstić information content (AvgIpc) is 3.14. The van der Waals surface area contributed by atoms with Crippen molar-refractivity contribution in [3.05, 3.63) is 65.2 Å². The van der Waals surface area contributed by atoms with Gasteiger partial charge in [-0.05, 0) is 35.4 Å². The molecule has 0 radical (unpaired) electrons. The standard InChI is InChI=1S/C19H17N3O4/c23-15-9-12-3-1-2-4-14(12)17(15)21-18(25)11-5-7-13(8-6-11)22-10-16(24)20-19(22)26/h1-8,15,17,23H,9-10H2,(H,21,25)(H,20,24,26)/t15-,17+/m0/s1. The van der Waals surface area contributed by atoms with Crippen LogP contribution in [0, 0.1) is 0 Å². The number of carbonyl (C=O) groups is 3. The molecule has 3 N–H and O–H groups in total. The summed E-state index contributed by atoms with van der Waals surface area (Å²) in [5, 5.41) is 15.3. The van der Waals surface area contributed by atoms with Crippen molar-refractivity contribution in [3.63, 3.8) is 0 Å². The first-order chi connectivity index (χ1) is 12.5. The van der Waals surface area contributed by atoms with Gasteiger partial charge in [0.05, 0.1) is 12.1 Å². The fourth-order valence-corrected chi connectivity index (χ4v) is 3.42. The molecule has 1 heterocycles. The number of urea groups is 1. The van der Waals surface area contributed by atoms with Crippen molar-refractivity contribution in [2.45, 2.75) is 18.6 Å². The van der Waals surface area contributed by atoms with E-state index in [9.17, 15) is 19.5 Å². The van der Waals surface area contributed by atoms with Crippen LogP contribution in [0.1, 0.15) is 27.5 Å². The molecule has 4 rings (SSSR count). The van der Waals surface area contributed by atoms with Crippen molar-refractivity contribution in [2.24, 2.45) is 0 Å². The lowest BCUT2D eigenvalue weighted by Gasteiger charge is -2.18. The van der Waals surface area contributed by atoms with E-state index in [1.54, 1.807) is 24.3 Å². The highest BCUT2D eigenvalue weighted by Gasteiger charge is 2.32. The third-order valence-corrected chi connectivity index (χ3v) is 4.72. The molecule has 2 atom stereocenters. The Morgan fingerprint density at radius 2 is 1.85 bits per heavy atom. The lowest BCUT2D eigenvalue weighted by atomic mass is 10.1. The summed E-state index contributed by atoms with van der Waals surface area (Å²) in [5.41, 5.74) is 2.91. The molecule has 7 nitrogen and oxygen atoms in total. The Balaban J connectivity index is 1.49. The Morgan fingerprint density at radius 1 is 1.12 bits per heavy atom. The van der Waals surface area contributed by atoms with Gasteiger partial charge in [0.25, 0.3) is 5.91 Å². The van der Waals surface area contributed by atoms with Crippen LogP contribution in [0.25, 0.3) is 0 Å². The van der Waals surface area contributed by atoms with Gasteiger partial charge in [-0.25, -0.2) is 4.79 Å². The fraction of sp³-hybridized carbons (Fsp3) is 0.211. The maximum Gasteiger partial charge on any atom is 0.329 e. The van der Waals surface area contributed by atoms with Crippen molar-refractivity contribution in [1.82, 2.24) is 10.6 Å². The summed E-state index contributed by atoms with van der Waals surface area (Å²) in [6.45, 7) is -0.0323. The van der Waals surface area contributed by atoms with E-state index >= 15 is 0 Å². The number of hydrogen-bond donors (Lipinski definition) is 3. The summed E-state index contributed by atoms with van der Waals surface area (Å²) in [6.07, 6.45) is -0.145. The maximum atomic E-state index is 12.5. The molecule has 0 unspecified atom stereocenters. The smallest absolute Gasteiger partial charge is 0.329 e. The zero-order chi connectivity index (χ0) is 18.3. The molecule has 1 aliphatic carbocycles. The molecule has 7 heteroatoms. The number of carbonyl (C=O) groups excluding carboxylic acids is 3. The third-order valence-electron chi connectivity index (χ3n) is 4.72. The van der Waals surface area contributed by atoms with Gasteiger partial charge in [0.1, 0.15) is 6.54 Å². The Hall–Kier alpha value is -3.19. The normalized spacial score (nSPS) is 21.5. The predicted molar refractivity (Wildman–Crippen MR) is 93.7 cm³/mol. The molecule has 0 bridgehead atoms. The number of rotatable bonds is 3. The Kier molecular flexibility index (Phi) is 3.93. The number of nitrogens with zero attached hydrogens (tertiary/aromatic N) is 1. The minimum atomic E-state index is -0.657. The largest absolute Gasteiger partial charge is 0.390 e. The summed E-state index contributed by atoms with van der Waals surface area (Å²) in [4.78, 5) is 36.8. The molecule has 2 aromatic carbocycles. The predicted octanol–water partition coefficient (Wildman–Crippen LogP) is 1.13. The number of fused-ring (bicyclic) bond motifs is 1. The van der Waals surface area contributed by atoms with Crippen LogP contribution in [-0.2, 0) is 11.2 Å². The van der Waals surface area contributed by atoms with Crippen LogP contribution in [0.3, 0.4) is 0 Å². The minimum Gasteiger partial charge on any atom is -0.390 e. The molecule has 4 amide bonds. The molecular weight excluding hydrogens is 334 g/mol. The van der Waals surface area contributed by atoms with Gasteiger partial charge in [-0.1, -0.05) is 24.3 Å². The molecule has 0 spiro atoms. The number of imide groups is 1. The van der Waals surface area contributed by atoms with E-state index in [4.69, 9.17) is 0 Å². The summed E-state index contributed by atoms with van der Waals surface area (Å²) < 4.78 is 0. The average molecular weight is 351 g/mol. The second kappa shape index (κ2) is 6.27. The topological polar surface area (TPSA) is 98.7 Å². The number of anilines is 1. The molecule has 2 aliphatic rings. The summed E-state index contributed by atoms with van der Waals surface area (Å²) in [5.74, 6) is -0.662. The Labute approximate surface area is 149 Å². The van der Waals surface area contributed by atoms with Crippen LogP contribution in [0.15, 0.2) is 48.5 Å². The van der Waals surface area contributed by atoms with Gasteiger partial charge in [-0.2, -0.15) is 0 Å². The lowest BCUT2D eigenvalue weighted by Crippen LogP contribution is -2.34. The van der Waals surface area contributed by atoms with Crippen LogP contribution >= 0.6 is 0 Å². The van der Waals surface area contributed by atoms with Gasteiger partial charge >= 0.3 is 6.03 Å². The fourth-order valence-electron chi connectivity index (χ4n) is 3.42. The molecule has 1 aliphatic heterocycles. The Bertz CT molecular complexity index is 894. The third kappa shape index (κ3) is 2.82. The van der Waals surface area contributed by atoms with Gasteiger partial charge < -0.3 is 10.4 Å². The van der Waals surface area contributed by atoms with Crippen LogP contribution in [0.5, 0.6) is 0 Å². The zero-order valence-electron chi connectivity index (χ0n) is 13.8. The van der Waals surface area contributed by atoms with Crippen molar-refractivity contribution < 1.29 is 19.5 Å². The first-order valence-corrected chi connectivity index (χ1v) is 8.31. The molecule has 1 fully saturated rings. The van der Waals surface area contributed by atoms with Gasteiger partial charge in [0.2, 0.25) is 5.91 Å². The zero-order valence-corrected chi connectivity index (χ0v) is 13.8. The van der Waals surface area contributed by atoms with Gasteiger partial charge in [0, 0.05) is 17.7 Å². The quantitative estimate of drug-likeness (QED) is 0.722. The number of benzene rings is 2. The Morgan fingerprint density at radius 3 is 2.54 bits per heavy atom. The number of nitrogens with one attached hydrogen (secondary N) is 2. The molecule has 26 heavy (non-hydrogen) atoms. The summed E-state index contributed by atoms with van der Waals surface area (Å²) >= 11 is 0. The highest BCUT2D eigenvalue weighted by atomic mass is 16.3.